The van der Waals surface area contributed by atoms with E-state index in [-0.39, 0.29) is 11.5 Å². The maximum atomic E-state index is 12.7. The molecule has 21 heavy (non-hydrogen) atoms. The first-order chi connectivity index (χ1) is 9.84. The second-order valence-corrected chi connectivity index (χ2v) is 6.91. The summed E-state index contributed by atoms with van der Waals surface area (Å²) in [4.78, 5) is 15.0. The highest BCUT2D eigenvalue weighted by molar-refractivity contribution is 5.82. The van der Waals surface area contributed by atoms with Gasteiger partial charge in [0.2, 0.25) is 0 Å². The summed E-state index contributed by atoms with van der Waals surface area (Å²) in [7, 11) is 2.12. The zero-order valence-electron chi connectivity index (χ0n) is 14.8. The molecular formula is C17H34N2O2. The van der Waals surface area contributed by atoms with Crippen LogP contribution in [0.25, 0.3) is 0 Å². The second-order valence-electron chi connectivity index (χ2n) is 6.91. The average Bonchev–Trinajstić information content (AvgIpc) is 3.28. The van der Waals surface area contributed by atoms with E-state index < -0.39 is 5.54 Å². The number of esters is 1. The molecular weight excluding hydrogens is 264 g/mol. The minimum absolute atomic E-state index is 0.0697. The molecule has 1 aliphatic rings. The van der Waals surface area contributed by atoms with Crippen molar-refractivity contribution in [2.45, 2.75) is 71.4 Å². The monoisotopic (exact) mass is 298 g/mol. The van der Waals surface area contributed by atoms with Crippen LogP contribution in [0.15, 0.2) is 0 Å². The lowest BCUT2D eigenvalue weighted by Gasteiger charge is -2.42. The van der Waals surface area contributed by atoms with E-state index in [0.29, 0.717) is 12.5 Å². The Hall–Kier alpha value is -0.610. The van der Waals surface area contributed by atoms with Crippen molar-refractivity contribution in [1.82, 2.24) is 10.2 Å². The smallest absolute Gasteiger partial charge is 0.327 e. The van der Waals surface area contributed by atoms with Crippen LogP contribution >= 0.6 is 0 Å². The molecule has 0 aromatic carbocycles. The molecule has 1 fully saturated rings. The number of carbonyl (C=O) groups is 1. The number of rotatable bonds is 10. The number of nitrogens with one attached hydrogen (secondary N) is 1. The fraction of sp³-hybridized carbons (Fsp3) is 0.941. The minimum Gasteiger partial charge on any atom is -0.465 e. The average molecular weight is 298 g/mol. The summed E-state index contributed by atoms with van der Waals surface area (Å²) < 4.78 is 5.42. The largest absolute Gasteiger partial charge is 0.465 e. The molecule has 1 saturated carbocycles. The van der Waals surface area contributed by atoms with E-state index in [4.69, 9.17) is 4.74 Å². The molecule has 0 aromatic rings. The van der Waals surface area contributed by atoms with Crippen molar-refractivity contribution in [3.8, 4) is 0 Å². The third-order valence-electron chi connectivity index (χ3n) is 4.99. The Morgan fingerprint density at radius 2 is 1.90 bits per heavy atom. The Morgan fingerprint density at radius 3 is 2.33 bits per heavy atom. The number of carbonyl (C=O) groups excluding carboxylic acids is 1. The summed E-state index contributed by atoms with van der Waals surface area (Å²) >= 11 is 0. The van der Waals surface area contributed by atoms with Crippen molar-refractivity contribution in [3.05, 3.63) is 0 Å². The third-order valence-corrected chi connectivity index (χ3v) is 4.99. The van der Waals surface area contributed by atoms with Gasteiger partial charge in [0, 0.05) is 12.1 Å². The van der Waals surface area contributed by atoms with Gasteiger partial charge >= 0.3 is 5.97 Å². The van der Waals surface area contributed by atoms with Crippen molar-refractivity contribution in [3.63, 3.8) is 0 Å². The molecule has 0 amide bonds. The summed E-state index contributed by atoms with van der Waals surface area (Å²) in [6.45, 7) is 12.7. The van der Waals surface area contributed by atoms with Crippen molar-refractivity contribution >= 4 is 5.97 Å². The minimum atomic E-state index is -0.535. The Balaban J connectivity index is 2.96. The lowest BCUT2D eigenvalue weighted by atomic mass is 9.89. The Kier molecular flexibility index (Phi) is 6.67. The predicted molar refractivity (Wildman–Crippen MR) is 87.4 cm³/mol. The quantitative estimate of drug-likeness (QED) is 0.630. The van der Waals surface area contributed by atoms with Crippen LogP contribution in [-0.4, -0.2) is 48.7 Å². The highest BCUT2D eigenvalue weighted by atomic mass is 16.5. The maximum absolute atomic E-state index is 12.7. The first-order valence-corrected chi connectivity index (χ1v) is 8.47. The van der Waals surface area contributed by atoms with Gasteiger partial charge in [0.05, 0.1) is 6.61 Å². The molecule has 0 spiro atoms. The molecule has 4 heteroatoms. The standard InChI is InChI=1S/C17H34N2O2/c1-7-12-18-17(14-10-11-14,15(20)21-9-3)13-19(6)16(4,5)8-2/h14,18H,7-13H2,1-6H3. The van der Waals surface area contributed by atoms with Gasteiger partial charge in [0.1, 0.15) is 5.54 Å². The lowest BCUT2D eigenvalue weighted by molar-refractivity contribution is -0.154. The van der Waals surface area contributed by atoms with E-state index in [1.165, 1.54) is 0 Å². The zero-order valence-corrected chi connectivity index (χ0v) is 14.8. The summed E-state index contributed by atoms with van der Waals surface area (Å²) in [6.07, 6.45) is 4.32. The van der Waals surface area contributed by atoms with Gasteiger partial charge in [-0.15, -0.1) is 0 Å². The van der Waals surface area contributed by atoms with Crippen LogP contribution in [0.5, 0.6) is 0 Å². The predicted octanol–water partition coefficient (Wildman–Crippen LogP) is 2.82. The molecule has 0 aromatic heterocycles. The van der Waals surface area contributed by atoms with Gasteiger partial charge in [-0.05, 0) is 66.0 Å². The number of hydrogen-bond acceptors (Lipinski definition) is 4. The topological polar surface area (TPSA) is 41.6 Å². The van der Waals surface area contributed by atoms with Crippen LogP contribution in [0.3, 0.4) is 0 Å². The van der Waals surface area contributed by atoms with Gasteiger partial charge in [-0.2, -0.15) is 0 Å². The van der Waals surface area contributed by atoms with E-state index in [1.54, 1.807) is 0 Å². The summed E-state index contributed by atoms with van der Waals surface area (Å²) in [6, 6.07) is 0. The fourth-order valence-corrected chi connectivity index (χ4v) is 2.67. The van der Waals surface area contributed by atoms with E-state index >= 15 is 0 Å². The van der Waals surface area contributed by atoms with Crippen molar-refractivity contribution in [2.24, 2.45) is 5.92 Å². The maximum Gasteiger partial charge on any atom is 0.327 e. The Labute approximate surface area is 130 Å². The molecule has 1 N–H and O–H groups in total. The number of likely N-dealkylation sites (N-methyl/N-ethyl adjacent to an activating group) is 1. The van der Waals surface area contributed by atoms with Gasteiger partial charge < -0.3 is 10.1 Å². The molecule has 0 aliphatic heterocycles. The number of ether oxygens (including phenoxy) is 1. The van der Waals surface area contributed by atoms with E-state index in [0.717, 1.165) is 38.8 Å². The molecule has 124 valence electrons. The molecule has 1 rings (SSSR count). The molecule has 1 atom stereocenters. The van der Waals surface area contributed by atoms with Crippen LogP contribution in [0, 0.1) is 5.92 Å². The van der Waals surface area contributed by atoms with Crippen LogP contribution < -0.4 is 5.32 Å². The molecule has 1 unspecified atom stereocenters. The van der Waals surface area contributed by atoms with Crippen molar-refractivity contribution in [2.75, 3.05) is 26.7 Å². The first kappa shape index (κ1) is 18.4. The van der Waals surface area contributed by atoms with Crippen LogP contribution in [0.4, 0.5) is 0 Å². The van der Waals surface area contributed by atoms with Crippen molar-refractivity contribution in [1.29, 1.82) is 0 Å². The number of hydrogen-bond donors (Lipinski definition) is 1. The summed E-state index contributed by atoms with van der Waals surface area (Å²) in [5.41, 5.74) is -0.451. The highest BCUT2D eigenvalue weighted by Crippen LogP contribution is 2.41. The fourth-order valence-electron chi connectivity index (χ4n) is 2.67. The van der Waals surface area contributed by atoms with Gasteiger partial charge in [-0.25, -0.2) is 4.79 Å². The highest BCUT2D eigenvalue weighted by Gasteiger charge is 2.53. The van der Waals surface area contributed by atoms with E-state index in [9.17, 15) is 4.79 Å². The second kappa shape index (κ2) is 7.59. The van der Waals surface area contributed by atoms with Crippen LogP contribution in [0.2, 0.25) is 0 Å². The van der Waals surface area contributed by atoms with Gasteiger partial charge in [-0.1, -0.05) is 13.8 Å². The molecule has 0 bridgehead atoms. The van der Waals surface area contributed by atoms with E-state index in [2.05, 4.69) is 45.0 Å². The van der Waals surface area contributed by atoms with Gasteiger partial charge in [-0.3, -0.25) is 4.90 Å². The molecule has 4 nitrogen and oxygen atoms in total. The van der Waals surface area contributed by atoms with Gasteiger partial charge in [0.25, 0.3) is 0 Å². The van der Waals surface area contributed by atoms with Gasteiger partial charge in [0.15, 0.2) is 0 Å². The van der Waals surface area contributed by atoms with Crippen molar-refractivity contribution < 1.29 is 9.53 Å². The molecule has 0 radical (unpaired) electrons. The Morgan fingerprint density at radius 1 is 1.29 bits per heavy atom. The van der Waals surface area contributed by atoms with Crippen LogP contribution in [0.1, 0.15) is 60.3 Å². The Bertz CT molecular complexity index is 340. The van der Waals surface area contributed by atoms with Crippen LogP contribution in [-0.2, 0) is 9.53 Å². The first-order valence-electron chi connectivity index (χ1n) is 8.47. The molecule has 0 heterocycles. The zero-order chi connectivity index (χ0) is 16.1. The SMILES string of the molecule is CCCNC(CN(C)C(C)(C)CC)(C(=O)OCC)C1CC1. The summed E-state index contributed by atoms with van der Waals surface area (Å²) in [5.74, 6) is 0.345. The summed E-state index contributed by atoms with van der Waals surface area (Å²) in [5, 5.41) is 3.54. The number of nitrogens with zero attached hydrogens (tertiary/aromatic N) is 1. The molecule has 0 saturated heterocycles. The normalized spacial score (nSPS) is 18.6. The van der Waals surface area contributed by atoms with E-state index in [1.807, 2.05) is 6.92 Å². The molecule has 1 aliphatic carbocycles. The third kappa shape index (κ3) is 4.43. The lowest BCUT2D eigenvalue weighted by Crippen LogP contribution is -2.63.